The lowest BCUT2D eigenvalue weighted by Crippen LogP contribution is -2.27. The van der Waals surface area contributed by atoms with Crippen molar-refractivity contribution < 1.29 is 18.8 Å². The smallest absolute Gasteiger partial charge is 0.234 e. The van der Waals surface area contributed by atoms with Crippen LogP contribution in [0.4, 0.5) is 11.4 Å². The molecule has 148 valence electrons. The first kappa shape index (κ1) is 18.7. The fourth-order valence-corrected chi connectivity index (χ4v) is 3.33. The number of hydrogen-bond donors (Lipinski definition) is 2. The van der Waals surface area contributed by atoms with Crippen molar-refractivity contribution in [1.82, 2.24) is 5.16 Å². The second-order valence-corrected chi connectivity index (χ2v) is 7.48. The molecule has 0 atom stereocenters. The number of anilines is 2. The summed E-state index contributed by atoms with van der Waals surface area (Å²) in [4.78, 5) is 24.5. The van der Waals surface area contributed by atoms with Gasteiger partial charge in [-0.25, -0.2) is 0 Å². The van der Waals surface area contributed by atoms with Crippen LogP contribution in [-0.4, -0.2) is 24.1 Å². The van der Waals surface area contributed by atoms with E-state index in [9.17, 15) is 9.59 Å². The molecule has 0 radical (unpaired) electrons. The molecule has 0 unspecified atom stereocenters. The molecule has 29 heavy (non-hydrogen) atoms. The Hall–Kier alpha value is -3.61. The highest BCUT2D eigenvalue weighted by Crippen LogP contribution is 2.38. The molecular formula is C22H21N3O4. The number of carbonyl (C=O) groups is 2. The molecule has 0 bridgehead atoms. The molecule has 0 aliphatic carbocycles. The summed E-state index contributed by atoms with van der Waals surface area (Å²) in [6.07, 6.45) is 0.0745. The summed E-state index contributed by atoms with van der Waals surface area (Å²) in [6.45, 7) is 3.71. The van der Waals surface area contributed by atoms with Gasteiger partial charge < -0.3 is 19.9 Å². The Morgan fingerprint density at radius 1 is 1.21 bits per heavy atom. The Morgan fingerprint density at radius 2 is 2.03 bits per heavy atom. The van der Waals surface area contributed by atoms with Gasteiger partial charge in [0.05, 0.1) is 24.6 Å². The maximum atomic E-state index is 12.5. The van der Waals surface area contributed by atoms with Crippen molar-refractivity contribution >= 4 is 23.2 Å². The highest BCUT2D eigenvalue weighted by atomic mass is 16.5. The highest BCUT2D eigenvalue weighted by Gasteiger charge is 2.38. The van der Waals surface area contributed by atoms with Crippen LogP contribution < -0.4 is 15.4 Å². The summed E-state index contributed by atoms with van der Waals surface area (Å²) in [5, 5.41) is 9.70. The van der Waals surface area contributed by atoms with Crippen molar-refractivity contribution in [3.63, 3.8) is 0 Å². The first-order valence-corrected chi connectivity index (χ1v) is 9.22. The zero-order valence-electron chi connectivity index (χ0n) is 16.4. The molecule has 1 aromatic heterocycles. The lowest BCUT2D eigenvalue weighted by atomic mass is 9.86. The van der Waals surface area contributed by atoms with Crippen LogP contribution in [0.3, 0.4) is 0 Å². The molecule has 2 aromatic carbocycles. The predicted molar refractivity (Wildman–Crippen MR) is 109 cm³/mol. The standard InChI is InChI=1S/C22H21N3O4/c1-22(2)17-10-14(7-8-18(17)24-21(22)27)23-20(26)12-15-11-19(29-25-15)13-5-4-6-16(9-13)28-3/h4-11H,12H2,1-3H3,(H,23,26)(H,24,27). The number of benzene rings is 2. The number of hydrogen-bond acceptors (Lipinski definition) is 5. The average molecular weight is 391 g/mol. The Morgan fingerprint density at radius 3 is 2.83 bits per heavy atom. The van der Waals surface area contributed by atoms with Gasteiger partial charge in [-0.3, -0.25) is 9.59 Å². The Labute approximate surface area is 168 Å². The van der Waals surface area contributed by atoms with Crippen LogP contribution in [0.2, 0.25) is 0 Å². The van der Waals surface area contributed by atoms with E-state index in [0.717, 1.165) is 16.8 Å². The van der Waals surface area contributed by atoms with Crippen LogP contribution in [-0.2, 0) is 21.4 Å². The number of ether oxygens (including phenoxy) is 1. The molecule has 2 heterocycles. The molecule has 0 saturated heterocycles. The number of nitrogens with one attached hydrogen (secondary N) is 2. The maximum Gasteiger partial charge on any atom is 0.234 e. The molecule has 2 N–H and O–H groups in total. The monoisotopic (exact) mass is 391 g/mol. The van der Waals surface area contributed by atoms with Crippen LogP contribution >= 0.6 is 0 Å². The maximum absolute atomic E-state index is 12.5. The summed E-state index contributed by atoms with van der Waals surface area (Å²) in [5.74, 6) is 1.01. The van der Waals surface area contributed by atoms with Gasteiger partial charge >= 0.3 is 0 Å². The number of methoxy groups -OCH3 is 1. The van der Waals surface area contributed by atoms with Crippen molar-refractivity contribution in [2.45, 2.75) is 25.7 Å². The van der Waals surface area contributed by atoms with Crippen molar-refractivity contribution in [2.75, 3.05) is 17.7 Å². The molecule has 1 aliphatic heterocycles. The van der Waals surface area contributed by atoms with E-state index in [2.05, 4.69) is 15.8 Å². The molecule has 4 rings (SSSR count). The molecular weight excluding hydrogens is 370 g/mol. The average Bonchev–Trinajstić information content (AvgIpc) is 3.25. The number of rotatable bonds is 5. The van der Waals surface area contributed by atoms with Gasteiger partial charge in [0.25, 0.3) is 0 Å². The summed E-state index contributed by atoms with van der Waals surface area (Å²) in [7, 11) is 1.60. The zero-order chi connectivity index (χ0) is 20.6. The fourth-order valence-electron chi connectivity index (χ4n) is 3.33. The summed E-state index contributed by atoms with van der Waals surface area (Å²) < 4.78 is 10.6. The lowest BCUT2D eigenvalue weighted by Gasteiger charge is -2.16. The van der Waals surface area contributed by atoms with Gasteiger partial charge in [0.15, 0.2) is 5.76 Å². The van der Waals surface area contributed by atoms with Crippen molar-refractivity contribution in [2.24, 2.45) is 0 Å². The minimum atomic E-state index is -0.631. The molecule has 1 aliphatic rings. The lowest BCUT2D eigenvalue weighted by molar-refractivity contribution is -0.119. The summed E-state index contributed by atoms with van der Waals surface area (Å²) in [5.41, 5.74) is 2.99. The van der Waals surface area contributed by atoms with Crippen LogP contribution in [0.1, 0.15) is 25.1 Å². The number of aromatic nitrogens is 1. The van der Waals surface area contributed by atoms with Gasteiger partial charge in [-0.2, -0.15) is 0 Å². The second kappa shape index (κ2) is 7.09. The highest BCUT2D eigenvalue weighted by molar-refractivity contribution is 6.06. The summed E-state index contributed by atoms with van der Waals surface area (Å²) in [6, 6.07) is 14.6. The third-order valence-electron chi connectivity index (χ3n) is 5.05. The minimum Gasteiger partial charge on any atom is -0.497 e. The Balaban J connectivity index is 1.45. The van der Waals surface area contributed by atoms with Crippen LogP contribution in [0.5, 0.6) is 5.75 Å². The van der Waals surface area contributed by atoms with Gasteiger partial charge in [0.1, 0.15) is 5.75 Å². The van der Waals surface area contributed by atoms with Gasteiger partial charge in [-0.05, 0) is 49.7 Å². The summed E-state index contributed by atoms with van der Waals surface area (Å²) >= 11 is 0. The van der Waals surface area contributed by atoms with E-state index in [1.165, 1.54) is 0 Å². The third-order valence-corrected chi connectivity index (χ3v) is 5.05. The van der Waals surface area contributed by atoms with Crippen molar-refractivity contribution in [3.8, 4) is 17.1 Å². The Kier molecular flexibility index (Phi) is 4.58. The number of fused-ring (bicyclic) bond motifs is 1. The van der Waals surface area contributed by atoms with Crippen LogP contribution in [0, 0.1) is 0 Å². The second-order valence-electron chi connectivity index (χ2n) is 7.48. The topological polar surface area (TPSA) is 93.5 Å². The van der Waals surface area contributed by atoms with Crippen molar-refractivity contribution in [1.29, 1.82) is 0 Å². The Bertz CT molecular complexity index is 1100. The van der Waals surface area contributed by atoms with E-state index in [1.807, 2.05) is 44.2 Å². The van der Waals surface area contributed by atoms with E-state index >= 15 is 0 Å². The molecule has 2 amide bonds. The zero-order valence-corrected chi connectivity index (χ0v) is 16.4. The van der Waals surface area contributed by atoms with E-state index in [-0.39, 0.29) is 18.2 Å². The molecule has 0 saturated carbocycles. The molecule has 0 spiro atoms. The largest absolute Gasteiger partial charge is 0.497 e. The third kappa shape index (κ3) is 3.59. The number of nitrogens with zero attached hydrogens (tertiary/aromatic N) is 1. The van der Waals surface area contributed by atoms with Crippen LogP contribution in [0.25, 0.3) is 11.3 Å². The normalized spacial score (nSPS) is 14.2. The van der Waals surface area contributed by atoms with Crippen LogP contribution in [0.15, 0.2) is 53.1 Å². The van der Waals surface area contributed by atoms with Gasteiger partial charge in [0.2, 0.25) is 11.8 Å². The molecule has 3 aromatic rings. The quantitative estimate of drug-likeness (QED) is 0.691. The van der Waals surface area contributed by atoms with Gasteiger partial charge in [-0.1, -0.05) is 17.3 Å². The molecule has 7 heteroatoms. The first-order valence-electron chi connectivity index (χ1n) is 9.22. The molecule has 7 nitrogen and oxygen atoms in total. The molecule has 0 fully saturated rings. The SMILES string of the molecule is COc1cccc(-c2cc(CC(=O)Nc3ccc4c(c3)C(C)(C)C(=O)N4)no2)c1. The minimum absolute atomic E-state index is 0.0522. The van der Waals surface area contributed by atoms with E-state index in [1.54, 1.807) is 25.3 Å². The predicted octanol–water partition coefficient (Wildman–Crippen LogP) is 3.76. The van der Waals surface area contributed by atoms with Crippen molar-refractivity contribution in [3.05, 3.63) is 59.8 Å². The fraction of sp³-hybridized carbons (Fsp3) is 0.227. The van der Waals surface area contributed by atoms with E-state index in [4.69, 9.17) is 9.26 Å². The van der Waals surface area contributed by atoms with Gasteiger partial charge in [-0.15, -0.1) is 0 Å². The first-order chi connectivity index (χ1) is 13.9. The van der Waals surface area contributed by atoms with Gasteiger partial charge in [0, 0.05) is 23.0 Å². The van der Waals surface area contributed by atoms with E-state index in [0.29, 0.717) is 22.9 Å². The van der Waals surface area contributed by atoms with E-state index < -0.39 is 5.41 Å². The number of carbonyl (C=O) groups excluding carboxylic acids is 2. The number of amides is 2.